The molecule has 1 atom stereocenters. The lowest BCUT2D eigenvalue weighted by atomic mass is 9.80. The highest BCUT2D eigenvalue weighted by molar-refractivity contribution is 6.27. The molecule has 1 unspecified atom stereocenters. The first kappa shape index (κ1) is 27.8. The van der Waals surface area contributed by atoms with Crippen molar-refractivity contribution in [3.8, 4) is 0 Å². The number of nitrogens with one attached hydrogen (secondary N) is 2. The SMILES string of the molecule is Cl.Cl.NC(=O)C1C(=O)Cc2cc3cc4ccc(NC(=O)CNCc5ccccc5)cc4cc3cc2C1=O. The number of carbonyl (C=O) groups excluding carboxylic acids is 4. The Morgan fingerprint density at radius 2 is 1.51 bits per heavy atom. The number of anilines is 1. The highest BCUT2D eigenvalue weighted by atomic mass is 35.5. The Labute approximate surface area is 225 Å². The van der Waals surface area contributed by atoms with Gasteiger partial charge in [-0.25, -0.2) is 0 Å². The zero-order valence-corrected chi connectivity index (χ0v) is 21.3. The Balaban J connectivity index is 0.00000190. The summed E-state index contributed by atoms with van der Waals surface area (Å²) in [6.07, 6.45) is 0.00589. The van der Waals surface area contributed by atoms with Crippen LogP contribution in [0.15, 0.2) is 72.8 Å². The van der Waals surface area contributed by atoms with Gasteiger partial charge in [0.05, 0.1) is 6.54 Å². The predicted molar refractivity (Wildman–Crippen MR) is 148 cm³/mol. The summed E-state index contributed by atoms with van der Waals surface area (Å²) < 4.78 is 0. The fraction of sp³-hybridized carbons (Fsp3) is 0.143. The number of carbonyl (C=O) groups is 4. The molecule has 2 amide bonds. The third-order valence-corrected chi connectivity index (χ3v) is 6.26. The fourth-order valence-corrected chi connectivity index (χ4v) is 4.55. The van der Waals surface area contributed by atoms with Crippen molar-refractivity contribution in [1.82, 2.24) is 5.32 Å². The van der Waals surface area contributed by atoms with Gasteiger partial charge in [0, 0.05) is 24.2 Å². The number of primary amides is 1. The van der Waals surface area contributed by atoms with Crippen LogP contribution >= 0.6 is 24.8 Å². The third-order valence-electron chi connectivity index (χ3n) is 6.26. The van der Waals surface area contributed by atoms with Crippen molar-refractivity contribution >= 4 is 75.4 Å². The third kappa shape index (κ3) is 5.80. The lowest BCUT2D eigenvalue weighted by molar-refractivity contribution is -0.130. The van der Waals surface area contributed by atoms with E-state index in [0.29, 0.717) is 23.4 Å². The molecule has 0 saturated carbocycles. The van der Waals surface area contributed by atoms with E-state index in [1.54, 1.807) is 6.07 Å². The number of fused-ring (bicyclic) bond motifs is 3. The van der Waals surface area contributed by atoms with E-state index in [2.05, 4.69) is 10.6 Å². The number of nitrogens with two attached hydrogens (primary N) is 1. The summed E-state index contributed by atoms with van der Waals surface area (Å²) in [7, 11) is 0. The molecule has 4 aromatic rings. The number of halogens is 2. The van der Waals surface area contributed by atoms with Crippen LogP contribution in [0.5, 0.6) is 0 Å². The number of amides is 2. The minimum Gasteiger partial charge on any atom is -0.369 e. The summed E-state index contributed by atoms with van der Waals surface area (Å²) in [6, 6.07) is 22.9. The van der Waals surface area contributed by atoms with Gasteiger partial charge in [-0.2, -0.15) is 0 Å². The average molecular weight is 538 g/mol. The highest BCUT2D eigenvalue weighted by Gasteiger charge is 2.38. The van der Waals surface area contributed by atoms with Gasteiger partial charge in [0.15, 0.2) is 17.5 Å². The molecule has 1 aliphatic carbocycles. The summed E-state index contributed by atoms with van der Waals surface area (Å²) in [5, 5.41) is 9.57. The molecule has 4 aromatic carbocycles. The number of Topliss-reactive ketones (excluding diaryl/α,β-unsaturated/α-hetero) is 2. The molecule has 37 heavy (non-hydrogen) atoms. The van der Waals surface area contributed by atoms with E-state index in [1.165, 1.54) is 0 Å². The van der Waals surface area contributed by atoms with E-state index >= 15 is 0 Å². The van der Waals surface area contributed by atoms with E-state index in [1.807, 2.05) is 66.7 Å². The van der Waals surface area contributed by atoms with Crippen LogP contribution in [0.4, 0.5) is 5.69 Å². The van der Waals surface area contributed by atoms with Gasteiger partial charge < -0.3 is 16.4 Å². The molecule has 0 spiro atoms. The number of ketones is 2. The van der Waals surface area contributed by atoms with Gasteiger partial charge in [0.1, 0.15) is 0 Å². The van der Waals surface area contributed by atoms with Crippen LogP contribution in [0.1, 0.15) is 21.5 Å². The first-order valence-corrected chi connectivity index (χ1v) is 11.3. The molecular formula is C28H25Cl2N3O4. The van der Waals surface area contributed by atoms with E-state index in [9.17, 15) is 19.2 Å². The Morgan fingerprint density at radius 1 is 0.838 bits per heavy atom. The monoisotopic (exact) mass is 537 g/mol. The first-order chi connectivity index (χ1) is 16.9. The minimum atomic E-state index is -1.42. The maximum Gasteiger partial charge on any atom is 0.238 e. The van der Waals surface area contributed by atoms with Crippen LogP contribution < -0.4 is 16.4 Å². The zero-order chi connectivity index (χ0) is 24.5. The van der Waals surface area contributed by atoms with E-state index in [0.717, 1.165) is 27.1 Å². The molecule has 0 saturated heterocycles. The summed E-state index contributed by atoms with van der Waals surface area (Å²) in [6.45, 7) is 0.780. The maximum absolute atomic E-state index is 12.8. The van der Waals surface area contributed by atoms with Gasteiger partial charge in [-0.15, -0.1) is 24.8 Å². The van der Waals surface area contributed by atoms with Crippen molar-refractivity contribution in [3.63, 3.8) is 0 Å². The van der Waals surface area contributed by atoms with Gasteiger partial charge in [0.25, 0.3) is 0 Å². The lowest BCUT2D eigenvalue weighted by Crippen LogP contribution is -2.41. The molecule has 4 N–H and O–H groups in total. The Kier molecular flexibility index (Phi) is 8.65. The maximum atomic E-state index is 12.8. The van der Waals surface area contributed by atoms with Gasteiger partial charge >= 0.3 is 0 Å². The topological polar surface area (TPSA) is 118 Å². The van der Waals surface area contributed by atoms with Crippen molar-refractivity contribution < 1.29 is 19.2 Å². The largest absolute Gasteiger partial charge is 0.369 e. The molecule has 190 valence electrons. The molecule has 9 heteroatoms. The lowest BCUT2D eigenvalue weighted by Gasteiger charge is -2.21. The van der Waals surface area contributed by atoms with Crippen LogP contribution in [0.2, 0.25) is 0 Å². The first-order valence-electron chi connectivity index (χ1n) is 11.3. The van der Waals surface area contributed by atoms with Crippen molar-refractivity contribution in [3.05, 3.63) is 89.5 Å². The number of hydrogen-bond donors (Lipinski definition) is 3. The van der Waals surface area contributed by atoms with Gasteiger partial charge in [0.2, 0.25) is 11.8 Å². The van der Waals surface area contributed by atoms with E-state index in [-0.39, 0.29) is 43.7 Å². The normalized spacial score (nSPS) is 14.4. The van der Waals surface area contributed by atoms with Crippen molar-refractivity contribution in [2.45, 2.75) is 13.0 Å². The van der Waals surface area contributed by atoms with Crippen molar-refractivity contribution in [2.75, 3.05) is 11.9 Å². The Morgan fingerprint density at radius 3 is 2.24 bits per heavy atom. The quantitative estimate of drug-likeness (QED) is 0.254. The Hall–Kier alpha value is -3.78. The fourth-order valence-electron chi connectivity index (χ4n) is 4.55. The smallest absolute Gasteiger partial charge is 0.238 e. The summed E-state index contributed by atoms with van der Waals surface area (Å²) >= 11 is 0. The number of rotatable bonds is 6. The molecule has 0 heterocycles. The molecule has 7 nitrogen and oxygen atoms in total. The molecule has 0 aliphatic heterocycles. The number of hydrogen-bond acceptors (Lipinski definition) is 5. The summed E-state index contributed by atoms with van der Waals surface area (Å²) in [5.74, 6) is -3.49. The van der Waals surface area contributed by atoms with Crippen LogP contribution in [0, 0.1) is 5.92 Å². The molecule has 0 bridgehead atoms. The van der Waals surface area contributed by atoms with E-state index < -0.39 is 23.4 Å². The standard InChI is InChI=1S/C28H23N3O4.2ClH/c29-28(35)26-24(32)13-21-10-18-8-17-6-7-22(11-19(17)9-20(18)12-23(21)27(26)34)31-25(33)15-30-14-16-4-2-1-3-5-16;;/h1-12,26,30H,13-15H2,(H2,29,35)(H,31,33);2*1H. The second-order valence-electron chi connectivity index (χ2n) is 8.75. The van der Waals surface area contributed by atoms with Crippen LogP contribution in [-0.2, 0) is 27.3 Å². The second-order valence-corrected chi connectivity index (χ2v) is 8.75. The van der Waals surface area contributed by atoms with Gasteiger partial charge in [-0.3, -0.25) is 19.2 Å². The summed E-state index contributed by atoms with van der Waals surface area (Å²) in [4.78, 5) is 49.0. The van der Waals surface area contributed by atoms with Crippen LogP contribution in [-0.4, -0.2) is 29.9 Å². The van der Waals surface area contributed by atoms with Crippen molar-refractivity contribution in [1.29, 1.82) is 0 Å². The molecule has 1 aliphatic rings. The molecule has 0 fully saturated rings. The molecule has 0 aromatic heterocycles. The zero-order valence-electron chi connectivity index (χ0n) is 19.7. The van der Waals surface area contributed by atoms with Gasteiger partial charge in [-0.1, -0.05) is 36.4 Å². The highest BCUT2D eigenvalue weighted by Crippen LogP contribution is 2.31. The summed E-state index contributed by atoms with van der Waals surface area (Å²) in [5.41, 5.74) is 8.02. The molecular weight excluding hydrogens is 513 g/mol. The van der Waals surface area contributed by atoms with Crippen LogP contribution in [0.25, 0.3) is 21.5 Å². The van der Waals surface area contributed by atoms with E-state index in [4.69, 9.17) is 5.73 Å². The molecule has 0 radical (unpaired) electrons. The average Bonchev–Trinajstić information content (AvgIpc) is 2.82. The molecule has 5 rings (SSSR count). The van der Waals surface area contributed by atoms with Crippen LogP contribution in [0.3, 0.4) is 0 Å². The Bertz CT molecular complexity index is 1520. The van der Waals surface area contributed by atoms with Gasteiger partial charge in [-0.05, 0) is 69.1 Å². The second kappa shape index (κ2) is 11.5. The minimum absolute atomic E-state index is 0. The van der Waals surface area contributed by atoms with Crippen molar-refractivity contribution in [2.24, 2.45) is 11.7 Å². The predicted octanol–water partition coefficient (Wildman–Crippen LogP) is 3.97. The number of benzene rings is 4.